The molecule has 2 aromatic carbocycles. The van der Waals surface area contributed by atoms with Crippen molar-refractivity contribution in [3.05, 3.63) is 108 Å². The third kappa shape index (κ3) is 10.5. The van der Waals surface area contributed by atoms with Gasteiger partial charge in [0.25, 0.3) is 0 Å². The maximum Gasteiger partial charge on any atom is 0.339 e. The molecule has 2 N–H and O–H groups in total. The Morgan fingerprint density at radius 2 is 1.04 bits per heavy atom. The fourth-order valence-electron chi connectivity index (χ4n) is 4.15. The molecule has 14 nitrogen and oxygen atoms in total. The smallest absolute Gasteiger partial charge is 0.339 e. The van der Waals surface area contributed by atoms with E-state index in [0.717, 1.165) is 12.5 Å². The summed E-state index contributed by atoms with van der Waals surface area (Å²) in [5.41, 5.74) is 8.03. The van der Waals surface area contributed by atoms with E-state index in [0.29, 0.717) is 45.4 Å². The summed E-state index contributed by atoms with van der Waals surface area (Å²) in [5.74, 6) is 0.552. The van der Waals surface area contributed by atoms with Crippen LogP contribution in [0.25, 0.3) is 0 Å². The molecule has 48 heavy (non-hydrogen) atoms. The number of pyridine rings is 2. The second kappa shape index (κ2) is 16.7. The quantitative estimate of drug-likeness (QED) is 0.159. The van der Waals surface area contributed by atoms with Crippen LogP contribution in [0.1, 0.15) is 32.1 Å². The first kappa shape index (κ1) is 37.4. The Kier molecular flexibility index (Phi) is 13.0. The summed E-state index contributed by atoms with van der Waals surface area (Å²) in [4.78, 5) is 31.2. The van der Waals surface area contributed by atoms with Crippen LogP contribution in [0.5, 0.6) is 11.5 Å². The number of hydrogen-bond acceptors (Lipinski definition) is 12. The summed E-state index contributed by atoms with van der Waals surface area (Å²) in [6.45, 7) is 0.0111. The molecule has 0 aliphatic heterocycles. The molecule has 0 aliphatic carbocycles. The fourth-order valence-corrected chi connectivity index (χ4v) is 5.89. The molecular formula is C32H37N5O9S2. The lowest BCUT2D eigenvalue weighted by Crippen LogP contribution is -2.29. The van der Waals surface area contributed by atoms with E-state index in [9.17, 15) is 26.4 Å². The number of benzene rings is 2. The van der Waals surface area contributed by atoms with Gasteiger partial charge >= 0.3 is 5.97 Å². The minimum atomic E-state index is -3.51. The molecular weight excluding hydrogens is 663 g/mol. The normalized spacial score (nSPS) is 11.0. The number of sulfonamides is 2. The Morgan fingerprint density at radius 1 is 0.646 bits per heavy atom. The molecule has 4 aromatic rings. The Bertz CT molecular complexity index is 1740. The van der Waals surface area contributed by atoms with Crippen molar-refractivity contribution in [3.8, 4) is 11.5 Å². The van der Waals surface area contributed by atoms with Gasteiger partial charge in [-0.1, -0.05) is 0 Å². The maximum absolute atomic E-state index is 12.1. The van der Waals surface area contributed by atoms with Crippen molar-refractivity contribution < 1.29 is 40.6 Å². The first-order chi connectivity index (χ1) is 22.7. The van der Waals surface area contributed by atoms with Crippen LogP contribution in [0.4, 0.5) is 11.4 Å². The predicted octanol–water partition coefficient (Wildman–Crippen LogP) is 3.04. The van der Waals surface area contributed by atoms with Gasteiger partial charge in [-0.2, -0.15) is 0 Å². The first-order valence-electron chi connectivity index (χ1n) is 14.1. The SMILES string of the molecule is COC(=O)c1ccc(CN(c2ccc(OC)cc2)S(C)(=O)=O)nc1.COc1ccc(N(Cc2ccc(C(=O)CN)cn2)S(C)(=O)=O)cc1. The lowest BCUT2D eigenvalue weighted by molar-refractivity contribution is 0.0600. The standard InChI is InChI=1S/C16H19N3O4S.C16H18N2O5S/c1-23-15-7-5-14(6-8-15)19(24(2,21)22)11-13-4-3-12(10-18-13)16(20)9-17;1-22-15-8-6-14(7-9-15)18(24(3,20)21)11-13-5-4-12(10-17-13)16(19)23-2/h3-8,10H,9,11,17H2,1-2H3;4-10H,11H2,1-3H3. The summed E-state index contributed by atoms with van der Waals surface area (Å²) in [7, 11) is -2.65. The third-order valence-electron chi connectivity index (χ3n) is 6.71. The Morgan fingerprint density at radius 3 is 1.33 bits per heavy atom. The highest BCUT2D eigenvalue weighted by Crippen LogP contribution is 2.24. The van der Waals surface area contributed by atoms with Crippen molar-refractivity contribution in [2.24, 2.45) is 5.73 Å². The molecule has 2 heterocycles. The molecule has 0 fully saturated rings. The van der Waals surface area contributed by atoms with Crippen LogP contribution in [0.15, 0.2) is 85.2 Å². The molecule has 2 aromatic heterocycles. The van der Waals surface area contributed by atoms with Crippen molar-refractivity contribution in [3.63, 3.8) is 0 Å². The predicted molar refractivity (Wildman–Crippen MR) is 181 cm³/mol. The molecule has 0 atom stereocenters. The molecule has 0 amide bonds. The number of Topliss-reactive ketones (excluding diaryl/α,β-unsaturated/α-hetero) is 1. The third-order valence-corrected chi connectivity index (χ3v) is 8.99. The van der Waals surface area contributed by atoms with Crippen LogP contribution < -0.4 is 23.8 Å². The van der Waals surface area contributed by atoms with Gasteiger partial charge in [0.2, 0.25) is 20.0 Å². The van der Waals surface area contributed by atoms with E-state index in [4.69, 9.17) is 15.2 Å². The monoisotopic (exact) mass is 699 g/mol. The number of carbonyl (C=O) groups is 2. The van der Waals surface area contributed by atoms with E-state index in [1.165, 1.54) is 42.3 Å². The minimum Gasteiger partial charge on any atom is -0.497 e. The lowest BCUT2D eigenvalue weighted by atomic mass is 10.2. The Hall–Kier alpha value is -5.06. The molecule has 16 heteroatoms. The number of nitrogens with zero attached hydrogens (tertiary/aromatic N) is 4. The highest BCUT2D eigenvalue weighted by Gasteiger charge is 2.20. The molecule has 0 radical (unpaired) electrons. The number of carbonyl (C=O) groups excluding carboxylic acids is 2. The van der Waals surface area contributed by atoms with Gasteiger partial charge in [-0.25, -0.2) is 21.6 Å². The molecule has 0 spiro atoms. The number of methoxy groups -OCH3 is 3. The van der Waals surface area contributed by atoms with Crippen molar-refractivity contribution in [2.45, 2.75) is 13.1 Å². The van der Waals surface area contributed by atoms with Gasteiger partial charge in [0.15, 0.2) is 5.78 Å². The number of ketones is 1. The molecule has 0 aliphatic rings. The maximum atomic E-state index is 12.1. The van der Waals surface area contributed by atoms with Gasteiger partial charge in [-0.05, 0) is 72.8 Å². The van der Waals surface area contributed by atoms with Crippen LogP contribution in [0.2, 0.25) is 0 Å². The lowest BCUT2D eigenvalue weighted by Gasteiger charge is -2.22. The van der Waals surface area contributed by atoms with Gasteiger partial charge in [0.05, 0.1) is 81.8 Å². The average molecular weight is 700 g/mol. The van der Waals surface area contributed by atoms with E-state index in [1.807, 2.05) is 0 Å². The number of esters is 1. The number of anilines is 2. The number of hydrogen-bond donors (Lipinski definition) is 1. The van der Waals surface area contributed by atoms with Crippen LogP contribution in [0.3, 0.4) is 0 Å². The molecule has 256 valence electrons. The highest BCUT2D eigenvalue weighted by molar-refractivity contribution is 7.92. The first-order valence-corrected chi connectivity index (χ1v) is 17.8. The van der Waals surface area contributed by atoms with E-state index >= 15 is 0 Å². The zero-order chi connectivity index (χ0) is 35.5. The Labute approximate surface area is 280 Å². The van der Waals surface area contributed by atoms with Gasteiger partial charge < -0.3 is 19.9 Å². The van der Waals surface area contributed by atoms with Gasteiger partial charge in [-0.15, -0.1) is 0 Å². The van der Waals surface area contributed by atoms with E-state index < -0.39 is 26.0 Å². The second-order valence-electron chi connectivity index (χ2n) is 10.1. The van der Waals surface area contributed by atoms with Crippen molar-refractivity contribution >= 4 is 43.2 Å². The highest BCUT2D eigenvalue weighted by atomic mass is 32.2. The summed E-state index contributed by atoms with van der Waals surface area (Å²) in [5, 5.41) is 0. The zero-order valence-electron chi connectivity index (χ0n) is 27.1. The molecule has 4 rings (SSSR count). The fraction of sp³-hybridized carbons (Fsp3) is 0.250. The van der Waals surface area contributed by atoms with E-state index in [1.54, 1.807) is 72.8 Å². The molecule has 0 saturated heterocycles. The Balaban J connectivity index is 0.000000260. The number of rotatable bonds is 13. The van der Waals surface area contributed by atoms with Crippen LogP contribution in [0, 0.1) is 0 Å². The second-order valence-corrected chi connectivity index (χ2v) is 13.9. The zero-order valence-corrected chi connectivity index (χ0v) is 28.7. The summed E-state index contributed by atoms with van der Waals surface area (Å²) in [6, 6.07) is 19.7. The summed E-state index contributed by atoms with van der Waals surface area (Å²) in [6.07, 6.45) is 5.01. The van der Waals surface area contributed by atoms with Gasteiger partial charge in [-0.3, -0.25) is 23.4 Å². The number of aromatic nitrogens is 2. The molecule has 0 bridgehead atoms. The van der Waals surface area contributed by atoms with Crippen LogP contribution in [-0.2, 0) is 37.9 Å². The van der Waals surface area contributed by atoms with Crippen molar-refractivity contribution in [1.29, 1.82) is 0 Å². The summed E-state index contributed by atoms with van der Waals surface area (Å²) < 4.78 is 65.6. The summed E-state index contributed by atoms with van der Waals surface area (Å²) >= 11 is 0. The molecule has 0 saturated carbocycles. The van der Waals surface area contributed by atoms with E-state index in [-0.39, 0.29) is 25.4 Å². The average Bonchev–Trinajstić information content (AvgIpc) is 3.09. The van der Waals surface area contributed by atoms with Gasteiger partial charge in [0, 0.05) is 18.0 Å². The van der Waals surface area contributed by atoms with Crippen LogP contribution >= 0.6 is 0 Å². The van der Waals surface area contributed by atoms with Crippen molar-refractivity contribution in [1.82, 2.24) is 9.97 Å². The van der Waals surface area contributed by atoms with Gasteiger partial charge in [0.1, 0.15) is 11.5 Å². The van der Waals surface area contributed by atoms with E-state index in [2.05, 4.69) is 14.7 Å². The minimum absolute atomic E-state index is 0.0482. The number of nitrogens with two attached hydrogens (primary N) is 1. The van der Waals surface area contributed by atoms with Crippen LogP contribution in [-0.4, -0.2) is 78.9 Å². The largest absolute Gasteiger partial charge is 0.497 e. The number of ether oxygens (including phenoxy) is 3. The molecule has 0 unspecified atom stereocenters. The topological polar surface area (TPSA) is 188 Å². The van der Waals surface area contributed by atoms with Crippen molar-refractivity contribution in [2.75, 3.05) is 49.0 Å².